The van der Waals surface area contributed by atoms with Crippen molar-refractivity contribution in [2.75, 3.05) is 0 Å². The Bertz CT molecular complexity index is 529. The molecule has 0 radical (unpaired) electrons. The third kappa shape index (κ3) is 3.49. The Balaban J connectivity index is 2.19. The van der Waals surface area contributed by atoms with E-state index in [1.807, 2.05) is 30.5 Å². The van der Waals surface area contributed by atoms with Gasteiger partial charge in [-0.15, -0.1) is 11.3 Å². The van der Waals surface area contributed by atoms with Crippen molar-refractivity contribution in [1.29, 1.82) is 0 Å². The number of aromatic nitrogens is 1. The van der Waals surface area contributed by atoms with Crippen LogP contribution in [-0.2, 0) is 6.42 Å². The highest BCUT2D eigenvalue weighted by molar-refractivity contribution is 14.1. The van der Waals surface area contributed by atoms with Crippen LogP contribution in [0.3, 0.4) is 0 Å². The Morgan fingerprint density at radius 2 is 2.29 bits per heavy atom. The van der Waals surface area contributed by atoms with E-state index in [1.165, 1.54) is 0 Å². The molecule has 0 amide bonds. The van der Waals surface area contributed by atoms with Gasteiger partial charge in [-0.2, -0.15) is 0 Å². The van der Waals surface area contributed by atoms with E-state index < -0.39 is 6.10 Å². The zero-order chi connectivity index (χ0) is 12.4. The van der Waals surface area contributed by atoms with Crippen LogP contribution in [0, 0.1) is 10.5 Å². The lowest BCUT2D eigenvalue weighted by Crippen LogP contribution is -2.03. The maximum atomic E-state index is 10.2. The Morgan fingerprint density at radius 3 is 2.94 bits per heavy atom. The Hall–Kier alpha value is 0.0200. The van der Waals surface area contributed by atoms with Crippen molar-refractivity contribution in [3.8, 4) is 0 Å². The number of halogens is 2. The van der Waals surface area contributed by atoms with Crippen LogP contribution in [-0.4, -0.2) is 10.1 Å². The van der Waals surface area contributed by atoms with Crippen LogP contribution in [0.15, 0.2) is 28.1 Å². The number of nitrogens with zero attached hydrogens (tertiary/aromatic N) is 1. The quantitative estimate of drug-likeness (QED) is 0.754. The molecule has 1 N–H and O–H groups in total. The van der Waals surface area contributed by atoms with E-state index in [4.69, 9.17) is 0 Å². The summed E-state index contributed by atoms with van der Waals surface area (Å²) in [5.74, 6) is 0. The molecule has 1 aromatic heterocycles. The molecular formula is C12H11BrINOS. The fraction of sp³-hybridized carbons (Fsp3) is 0.250. The van der Waals surface area contributed by atoms with Crippen LogP contribution in [0.25, 0.3) is 0 Å². The molecule has 0 aliphatic rings. The molecule has 1 heterocycles. The lowest BCUT2D eigenvalue weighted by atomic mass is 10.1. The van der Waals surface area contributed by atoms with E-state index in [1.54, 1.807) is 11.3 Å². The maximum absolute atomic E-state index is 10.2. The van der Waals surface area contributed by atoms with E-state index in [2.05, 4.69) is 43.5 Å². The molecule has 2 nitrogen and oxygen atoms in total. The fourth-order valence-electron chi connectivity index (χ4n) is 1.58. The van der Waals surface area contributed by atoms with Crippen LogP contribution >= 0.6 is 49.9 Å². The summed E-state index contributed by atoms with van der Waals surface area (Å²) in [6.45, 7) is 1.97. The average molecular weight is 424 g/mol. The highest BCUT2D eigenvalue weighted by Crippen LogP contribution is 2.28. The third-order valence-electron chi connectivity index (χ3n) is 2.39. The summed E-state index contributed by atoms with van der Waals surface area (Å²) in [6, 6.07) is 5.97. The summed E-state index contributed by atoms with van der Waals surface area (Å²) in [4.78, 5) is 4.37. The smallest absolute Gasteiger partial charge is 0.0897 e. The predicted octanol–water partition coefficient (Wildman–Crippen LogP) is 4.09. The van der Waals surface area contributed by atoms with Gasteiger partial charge in [-0.25, -0.2) is 4.98 Å². The number of hydrogen-bond acceptors (Lipinski definition) is 3. The Kier molecular flexibility index (Phi) is 4.57. The minimum absolute atomic E-state index is 0.513. The van der Waals surface area contributed by atoms with Crippen LogP contribution < -0.4 is 0 Å². The zero-order valence-corrected chi connectivity index (χ0v) is 13.7. The summed E-state index contributed by atoms with van der Waals surface area (Å²) < 4.78 is 2.06. The number of thiazole rings is 1. The zero-order valence-electron chi connectivity index (χ0n) is 9.15. The lowest BCUT2D eigenvalue weighted by Gasteiger charge is -2.12. The Labute approximate surface area is 126 Å². The van der Waals surface area contributed by atoms with Crippen LogP contribution in [0.5, 0.6) is 0 Å². The van der Waals surface area contributed by atoms with Gasteiger partial charge in [-0.3, -0.25) is 0 Å². The van der Waals surface area contributed by atoms with E-state index in [-0.39, 0.29) is 0 Å². The van der Waals surface area contributed by atoms with E-state index in [0.29, 0.717) is 6.42 Å². The number of benzene rings is 1. The maximum Gasteiger partial charge on any atom is 0.0897 e. The van der Waals surface area contributed by atoms with Gasteiger partial charge in [0.15, 0.2) is 0 Å². The molecule has 0 spiro atoms. The second-order valence-corrected chi connectivity index (χ2v) is 6.91. The monoisotopic (exact) mass is 423 g/mol. The van der Waals surface area contributed by atoms with Crippen molar-refractivity contribution in [3.63, 3.8) is 0 Å². The Morgan fingerprint density at radius 1 is 1.53 bits per heavy atom. The van der Waals surface area contributed by atoms with Crippen molar-refractivity contribution < 1.29 is 5.11 Å². The fourth-order valence-corrected chi connectivity index (χ4v) is 3.23. The molecule has 1 atom stereocenters. The molecule has 0 fully saturated rings. The van der Waals surface area contributed by atoms with Gasteiger partial charge < -0.3 is 5.11 Å². The molecule has 5 heteroatoms. The first-order valence-electron chi connectivity index (χ1n) is 5.10. The molecule has 2 aromatic rings. The largest absolute Gasteiger partial charge is 0.388 e. The third-order valence-corrected chi connectivity index (χ3v) is 4.60. The molecule has 0 saturated carbocycles. The van der Waals surface area contributed by atoms with Crippen molar-refractivity contribution >= 4 is 49.9 Å². The normalized spacial score (nSPS) is 12.7. The van der Waals surface area contributed by atoms with E-state index in [9.17, 15) is 5.11 Å². The van der Waals surface area contributed by atoms with Crippen molar-refractivity contribution in [1.82, 2.24) is 4.98 Å². The molecule has 0 aliphatic heterocycles. The van der Waals surface area contributed by atoms with Gasteiger partial charge in [0.2, 0.25) is 0 Å². The summed E-state index contributed by atoms with van der Waals surface area (Å²) in [7, 11) is 0. The van der Waals surface area contributed by atoms with Crippen LogP contribution in [0.1, 0.15) is 22.4 Å². The van der Waals surface area contributed by atoms with Gasteiger partial charge in [0, 0.05) is 19.8 Å². The van der Waals surface area contributed by atoms with Gasteiger partial charge in [0.25, 0.3) is 0 Å². The van der Waals surface area contributed by atoms with Crippen molar-refractivity contribution in [3.05, 3.63) is 47.9 Å². The summed E-state index contributed by atoms with van der Waals surface area (Å²) in [5.41, 5.74) is 1.87. The SMILES string of the molecule is Cc1nc(CC(O)c2cc(I)ccc2Br)cs1. The molecule has 0 bridgehead atoms. The number of aryl methyl sites for hydroxylation is 1. The summed E-state index contributed by atoms with van der Waals surface area (Å²) in [6.07, 6.45) is 0.0452. The minimum atomic E-state index is -0.513. The first kappa shape index (κ1) is 13.5. The van der Waals surface area contributed by atoms with Gasteiger partial charge in [0.05, 0.1) is 16.8 Å². The molecule has 90 valence electrons. The van der Waals surface area contributed by atoms with Crippen LogP contribution in [0.2, 0.25) is 0 Å². The second-order valence-electron chi connectivity index (χ2n) is 3.74. The number of rotatable bonds is 3. The first-order chi connectivity index (χ1) is 8.06. The lowest BCUT2D eigenvalue weighted by molar-refractivity contribution is 0.176. The molecule has 0 saturated heterocycles. The van der Waals surface area contributed by atoms with E-state index >= 15 is 0 Å². The topological polar surface area (TPSA) is 33.1 Å². The number of aliphatic hydroxyl groups is 1. The molecule has 2 rings (SSSR count). The van der Waals surface area contributed by atoms with Crippen LogP contribution in [0.4, 0.5) is 0 Å². The first-order valence-corrected chi connectivity index (χ1v) is 7.85. The highest BCUT2D eigenvalue weighted by Gasteiger charge is 2.14. The summed E-state index contributed by atoms with van der Waals surface area (Å²) >= 11 is 7.33. The van der Waals surface area contributed by atoms with Gasteiger partial charge in [-0.05, 0) is 53.3 Å². The van der Waals surface area contributed by atoms with Gasteiger partial charge in [0.1, 0.15) is 0 Å². The highest BCUT2D eigenvalue weighted by atomic mass is 127. The van der Waals surface area contributed by atoms with Gasteiger partial charge >= 0.3 is 0 Å². The predicted molar refractivity (Wildman–Crippen MR) is 82.4 cm³/mol. The molecule has 1 unspecified atom stereocenters. The minimum Gasteiger partial charge on any atom is -0.388 e. The van der Waals surface area contributed by atoms with Gasteiger partial charge in [-0.1, -0.05) is 15.9 Å². The average Bonchev–Trinajstić information content (AvgIpc) is 2.67. The second kappa shape index (κ2) is 5.77. The van der Waals surface area contributed by atoms with Crippen molar-refractivity contribution in [2.45, 2.75) is 19.4 Å². The van der Waals surface area contributed by atoms with Crippen molar-refractivity contribution in [2.24, 2.45) is 0 Å². The molecular weight excluding hydrogens is 413 g/mol. The molecule has 1 aromatic carbocycles. The number of aliphatic hydroxyl groups excluding tert-OH is 1. The standard InChI is InChI=1S/C12H11BrINOS/c1-7-15-9(6-17-7)5-12(16)10-4-8(14)2-3-11(10)13/h2-4,6,12,16H,5H2,1H3. The molecule has 17 heavy (non-hydrogen) atoms. The molecule has 0 aliphatic carbocycles. The van der Waals surface area contributed by atoms with E-state index in [0.717, 1.165) is 24.3 Å². The number of hydrogen-bond donors (Lipinski definition) is 1. The summed E-state index contributed by atoms with van der Waals surface area (Å²) in [5, 5.41) is 13.3.